The van der Waals surface area contributed by atoms with Gasteiger partial charge >= 0.3 is 0 Å². The van der Waals surface area contributed by atoms with Crippen molar-refractivity contribution >= 4 is 47.7 Å². The number of anilines is 1. The Labute approximate surface area is 150 Å². The van der Waals surface area contributed by atoms with Gasteiger partial charge in [-0.3, -0.25) is 4.79 Å². The van der Waals surface area contributed by atoms with Crippen LogP contribution in [0.3, 0.4) is 0 Å². The van der Waals surface area contributed by atoms with Crippen LogP contribution in [0.1, 0.15) is 31.5 Å². The number of amides is 1. The lowest BCUT2D eigenvalue weighted by Gasteiger charge is -2.19. The van der Waals surface area contributed by atoms with E-state index in [1.807, 2.05) is 13.0 Å². The van der Waals surface area contributed by atoms with Crippen molar-refractivity contribution in [2.45, 2.75) is 26.8 Å². The van der Waals surface area contributed by atoms with Crippen LogP contribution < -0.4 is 10.6 Å². The van der Waals surface area contributed by atoms with Crippen LogP contribution in [0, 0.1) is 19.7 Å². The lowest BCUT2D eigenvalue weighted by Crippen LogP contribution is -2.25. The van der Waals surface area contributed by atoms with Crippen LogP contribution in [0.25, 0.3) is 0 Å². The predicted molar refractivity (Wildman–Crippen MR) is 95.8 cm³/mol. The fourth-order valence-corrected chi connectivity index (χ4v) is 3.37. The zero-order valence-corrected chi connectivity index (χ0v) is 15.2. The molecular formula is C15H18Cl2FN3OS. The van der Waals surface area contributed by atoms with Gasteiger partial charge in [-0.2, -0.15) is 0 Å². The summed E-state index contributed by atoms with van der Waals surface area (Å²) in [6.45, 7) is 5.07. The molecule has 2 heterocycles. The van der Waals surface area contributed by atoms with E-state index in [0.717, 1.165) is 17.1 Å². The molecule has 3 rings (SSSR count). The third-order valence-electron chi connectivity index (χ3n) is 3.57. The topological polar surface area (TPSA) is 54.0 Å². The molecule has 1 aliphatic heterocycles. The molecule has 0 saturated heterocycles. The largest absolute Gasteiger partial charge is 0.319 e. The molecule has 0 bridgehead atoms. The summed E-state index contributed by atoms with van der Waals surface area (Å²) in [4.78, 5) is 17.0. The first kappa shape index (κ1) is 19.8. The molecule has 0 saturated carbocycles. The summed E-state index contributed by atoms with van der Waals surface area (Å²) >= 11 is 1.32. The maximum atomic E-state index is 14.5. The number of rotatable bonds is 2. The molecule has 0 radical (unpaired) electrons. The number of benzene rings is 1. The van der Waals surface area contributed by atoms with Crippen LogP contribution >= 0.6 is 36.2 Å². The average molecular weight is 378 g/mol. The van der Waals surface area contributed by atoms with Crippen molar-refractivity contribution in [1.82, 2.24) is 10.3 Å². The highest BCUT2D eigenvalue weighted by atomic mass is 35.5. The molecule has 1 aliphatic rings. The van der Waals surface area contributed by atoms with Gasteiger partial charge < -0.3 is 10.6 Å². The van der Waals surface area contributed by atoms with Crippen LogP contribution in [0.5, 0.6) is 0 Å². The molecule has 1 aromatic heterocycles. The van der Waals surface area contributed by atoms with Crippen LogP contribution in [-0.2, 0) is 13.0 Å². The number of fused-ring (bicyclic) bond motifs is 1. The van der Waals surface area contributed by atoms with Crippen LogP contribution in [0.4, 0.5) is 10.1 Å². The fraction of sp³-hybridized carbons (Fsp3) is 0.333. The van der Waals surface area contributed by atoms with Gasteiger partial charge in [0.25, 0.3) is 5.91 Å². The molecule has 1 aromatic carbocycles. The van der Waals surface area contributed by atoms with E-state index < -0.39 is 0 Å². The van der Waals surface area contributed by atoms with Gasteiger partial charge in [0.2, 0.25) is 0 Å². The van der Waals surface area contributed by atoms with E-state index in [9.17, 15) is 9.18 Å². The van der Waals surface area contributed by atoms with E-state index in [-0.39, 0.29) is 42.2 Å². The average Bonchev–Trinajstić information content (AvgIpc) is 2.81. The second-order valence-electron chi connectivity index (χ2n) is 5.09. The third kappa shape index (κ3) is 4.01. The minimum absolute atomic E-state index is 0. The SMILES string of the molecule is Cc1nc(C)c(C(=O)Nc2ccc3c(c2F)CCNC3)s1.Cl.Cl. The van der Waals surface area contributed by atoms with Gasteiger partial charge in [-0.05, 0) is 44.0 Å². The van der Waals surface area contributed by atoms with Gasteiger partial charge in [-0.1, -0.05) is 6.07 Å². The van der Waals surface area contributed by atoms with E-state index in [2.05, 4.69) is 15.6 Å². The normalized spacial score (nSPS) is 12.7. The van der Waals surface area contributed by atoms with Crippen LogP contribution in [0.15, 0.2) is 12.1 Å². The zero-order valence-electron chi connectivity index (χ0n) is 12.7. The van der Waals surface area contributed by atoms with Gasteiger partial charge in [-0.15, -0.1) is 36.2 Å². The predicted octanol–water partition coefficient (Wildman–Crippen LogP) is 3.64. The van der Waals surface area contributed by atoms with Crippen molar-refractivity contribution in [3.8, 4) is 0 Å². The van der Waals surface area contributed by atoms with E-state index in [1.54, 1.807) is 13.0 Å². The van der Waals surface area contributed by atoms with Gasteiger partial charge in [0, 0.05) is 6.54 Å². The Balaban J connectivity index is 0.00000132. The fourth-order valence-electron chi connectivity index (χ4n) is 2.55. The third-order valence-corrected chi connectivity index (χ3v) is 4.64. The Hall–Kier alpha value is -1.21. The second kappa shape index (κ2) is 8.06. The summed E-state index contributed by atoms with van der Waals surface area (Å²) in [7, 11) is 0. The molecule has 4 nitrogen and oxygen atoms in total. The minimum Gasteiger partial charge on any atom is -0.319 e. The highest BCUT2D eigenvalue weighted by molar-refractivity contribution is 7.13. The highest BCUT2D eigenvalue weighted by Gasteiger charge is 2.19. The van der Waals surface area contributed by atoms with Crippen molar-refractivity contribution in [2.24, 2.45) is 0 Å². The Kier molecular flexibility index (Phi) is 6.95. The standard InChI is InChI=1S/C15H16FN3OS.2ClH/c1-8-14(21-9(2)18-8)15(20)19-12-4-3-10-7-17-6-5-11(10)13(12)16;;/h3-4,17H,5-7H2,1-2H3,(H,19,20);2*1H. The molecule has 126 valence electrons. The minimum atomic E-state index is -0.318. The van der Waals surface area contributed by atoms with E-state index in [4.69, 9.17) is 0 Å². The number of hydrogen-bond donors (Lipinski definition) is 2. The molecule has 0 fully saturated rings. The maximum absolute atomic E-state index is 14.5. The Morgan fingerprint density at radius 1 is 1.35 bits per heavy atom. The molecule has 0 spiro atoms. The molecule has 8 heteroatoms. The number of nitrogens with one attached hydrogen (secondary N) is 2. The quantitative estimate of drug-likeness (QED) is 0.839. The van der Waals surface area contributed by atoms with Crippen molar-refractivity contribution in [3.05, 3.63) is 44.7 Å². The monoisotopic (exact) mass is 377 g/mol. The number of carbonyl (C=O) groups is 1. The van der Waals surface area contributed by atoms with Gasteiger partial charge in [0.05, 0.1) is 16.4 Å². The summed E-state index contributed by atoms with van der Waals surface area (Å²) in [5.74, 6) is -0.618. The molecule has 2 aromatic rings. The summed E-state index contributed by atoms with van der Waals surface area (Å²) in [5.41, 5.74) is 2.58. The van der Waals surface area contributed by atoms with Crippen LogP contribution in [0.2, 0.25) is 0 Å². The number of thiazole rings is 1. The number of carbonyl (C=O) groups excluding carboxylic acids is 1. The number of aryl methyl sites for hydroxylation is 2. The summed E-state index contributed by atoms with van der Waals surface area (Å²) in [6.07, 6.45) is 0.642. The van der Waals surface area contributed by atoms with Crippen molar-refractivity contribution < 1.29 is 9.18 Å². The number of halogens is 3. The van der Waals surface area contributed by atoms with Crippen molar-refractivity contribution in [3.63, 3.8) is 0 Å². The molecule has 1 amide bonds. The Morgan fingerprint density at radius 2 is 2.09 bits per heavy atom. The lowest BCUT2D eigenvalue weighted by molar-refractivity contribution is 0.102. The van der Waals surface area contributed by atoms with Gasteiger partial charge in [-0.25, -0.2) is 9.37 Å². The maximum Gasteiger partial charge on any atom is 0.267 e. The molecule has 0 aliphatic carbocycles. The first-order valence-electron chi connectivity index (χ1n) is 6.82. The van der Waals surface area contributed by atoms with E-state index >= 15 is 0 Å². The second-order valence-corrected chi connectivity index (χ2v) is 6.30. The first-order valence-corrected chi connectivity index (χ1v) is 7.64. The number of nitrogens with zero attached hydrogens (tertiary/aromatic N) is 1. The van der Waals surface area contributed by atoms with E-state index in [1.165, 1.54) is 11.3 Å². The molecule has 2 N–H and O–H groups in total. The number of aromatic nitrogens is 1. The van der Waals surface area contributed by atoms with Crippen LogP contribution in [-0.4, -0.2) is 17.4 Å². The summed E-state index contributed by atoms with van der Waals surface area (Å²) in [6, 6.07) is 3.49. The first-order chi connectivity index (χ1) is 10.1. The lowest BCUT2D eigenvalue weighted by atomic mass is 9.99. The Morgan fingerprint density at radius 3 is 2.74 bits per heavy atom. The van der Waals surface area contributed by atoms with Crippen molar-refractivity contribution in [2.75, 3.05) is 11.9 Å². The van der Waals surface area contributed by atoms with Crippen molar-refractivity contribution in [1.29, 1.82) is 0 Å². The molecule has 0 unspecified atom stereocenters. The smallest absolute Gasteiger partial charge is 0.267 e. The molecule has 23 heavy (non-hydrogen) atoms. The van der Waals surface area contributed by atoms with Gasteiger partial charge in [0.15, 0.2) is 0 Å². The summed E-state index contributed by atoms with van der Waals surface area (Å²) < 4.78 is 14.5. The highest BCUT2D eigenvalue weighted by Crippen LogP contribution is 2.26. The van der Waals surface area contributed by atoms with E-state index in [0.29, 0.717) is 29.1 Å². The summed E-state index contributed by atoms with van der Waals surface area (Å²) in [5, 5.41) is 6.70. The zero-order chi connectivity index (χ0) is 15.0. The Bertz CT molecular complexity index is 721. The molecule has 0 atom stereocenters. The van der Waals surface area contributed by atoms with Gasteiger partial charge in [0.1, 0.15) is 10.7 Å². The molecular weight excluding hydrogens is 360 g/mol. The number of hydrogen-bond acceptors (Lipinski definition) is 4.